The summed E-state index contributed by atoms with van der Waals surface area (Å²) in [7, 11) is 1.56. The van der Waals surface area contributed by atoms with Gasteiger partial charge in [0.2, 0.25) is 0 Å². The monoisotopic (exact) mass is 523 g/mol. The van der Waals surface area contributed by atoms with Crippen LogP contribution >= 0.6 is 27.7 Å². The highest BCUT2D eigenvalue weighted by Crippen LogP contribution is 2.39. The minimum Gasteiger partial charge on any atom is -0.310 e. The largest absolute Gasteiger partial charge is 0.417 e. The topological polar surface area (TPSA) is 48.0 Å². The van der Waals surface area contributed by atoms with Gasteiger partial charge in [0.1, 0.15) is 21.9 Å². The Bertz CT molecular complexity index is 1310. The molecule has 4 rings (SSSR count). The molecule has 164 valence electrons. The highest BCUT2D eigenvalue weighted by molar-refractivity contribution is 9.10. The van der Waals surface area contributed by atoms with Gasteiger partial charge in [0, 0.05) is 23.9 Å². The molecule has 0 bridgehead atoms. The number of fused-ring (bicyclic) bond motifs is 2. The molecular formula is C18H12BrF6N5S. The quantitative estimate of drug-likeness (QED) is 0.237. The van der Waals surface area contributed by atoms with Crippen molar-refractivity contribution in [2.24, 2.45) is 7.05 Å². The van der Waals surface area contributed by atoms with E-state index in [4.69, 9.17) is 0 Å². The molecule has 13 heteroatoms. The smallest absolute Gasteiger partial charge is 0.310 e. The Hall–Kier alpha value is -2.28. The third-order valence-corrected chi connectivity index (χ3v) is 6.09. The normalized spacial score (nSPS) is 12.9. The Kier molecular flexibility index (Phi) is 5.23. The summed E-state index contributed by atoms with van der Waals surface area (Å²) in [6, 6.07) is 1.79. The first kappa shape index (κ1) is 21.9. The van der Waals surface area contributed by atoms with E-state index in [1.807, 2.05) is 6.92 Å². The highest BCUT2D eigenvalue weighted by atomic mass is 79.9. The molecule has 5 nitrogen and oxygen atoms in total. The van der Waals surface area contributed by atoms with E-state index in [1.165, 1.54) is 26.9 Å². The van der Waals surface area contributed by atoms with E-state index in [2.05, 4.69) is 30.9 Å². The van der Waals surface area contributed by atoms with Crippen LogP contribution in [-0.2, 0) is 19.4 Å². The van der Waals surface area contributed by atoms with Crippen molar-refractivity contribution >= 4 is 44.5 Å². The Labute approximate surface area is 183 Å². The number of hydrogen-bond donors (Lipinski definition) is 0. The molecular weight excluding hydrogens is 512 g/mol. The van der Waals surface area contributed by atoms with Gasteiger partial charge in [-0.25, -0.2) is 15.0 Å². The number of nitrogens with zero attached hydrogens (tertiary/aromatic N) is 5. The summed E-state index contributed by atoms with van der Waals surface area (Å²) < 4.78 is 81.8. The van der Waals surface area contributed by atoms with Crippen molar-refractivity contribution in [3.8, 4) is 11.5 Å². The fraction of sp³-hybridized carbons (Fsp3) is 0.278. The minimum absolute atomic E-state index is 0.00832. The maximum Gasteiger partial charge on any atom is 0.417 e. The molecule has 0 radical (unpaired) electrons. The van der Waals surface area contributed by atoms with Crippen LogP contribution in [0.5, 0.6) is 0 Å². The summed E-state index contributed by atoms with van der Waals surface area (Å²) in [5.74, 6) is 0.783. The number of aryl methyl sites for hydroxylation is 1. The first-order valence-corrected chi connectivity index (χ1v) is 10.5. The van der Waals surface area contributed by atoms with Crippen molar-refractivity contribution in [1.82, 2.24) is 23.9 Å². The fourth-order valence-electron chi connectivity index (χ4n) is 3.12. The molecule has 31 heavy (non-hydrogen) atoms. The van der Waals surface area contributed by atoms with E-state index in [0.29, 0.717) is 17.0 Å². The summed E-state index contributed by atoms with van der Waals surface area (Å²) in [4.78, 5) is 12.5. The zero-order valence-corrected chi connectivity index (χ0v) is 18.2. The van der Waals surface area contributed by atoms with Crippen LogP contribution in [0.3, 0.4) is 0 Å². The third kappa shape index (κ3) is 3.77. The van der Waals surface area contributed by atoms with E-state index in [0.717, 1.165) is 12.1 Å². The lowest BCUT2D eigenvalue weighted by atomic mass is 10.2. The number of rotatable bonds is 3. The summed E-state index contributed by atoms with van der Waals surface area (Å²) in [5, 5.41) is 0.515. The van der Waals surface area contributed by atoms with Gasteiger partial charge in [0.15, 0.2) is 11.5 Å². The molecule has 0 aliphatic heterocycles. The van der Waals surface area contributed by atoms with Crippen molar-refractivity contribution in [2.45, 2.75) is 24.3 Å². The minimum atomic E-state index is -4.58. The van der Waals surface area contributed by atoms with E-state index in [9.17, 15) is 26.3 Å². The average molecular weight is 524 g/mol. The molecule has 0 aromatic carbocycles. The van der Waals surface area contributed by atoms with Crippen LogP contribution in [0.25, 0.3) is 28.3 Å². The van der Waals surface area contributed by atoms with Crippen LogP contribution in [0.15, 0.2) is 34.0 Å². The number of halogens is 7. The molecule has 0 N–H and O–H groups in total. The second-order valence-corrected chi connectivity index (χ2v) is 8.63. The Balaban J connectivity index is 1.97. The van der Waals surface area contributed by atoms with Crippen LogP contribution in [0.1, 0.15) is 18.1 Å². The summed E-state index contributed by atoms with van der Waals surface area (Å²) in [5.41, 5.74) is -1.32. The van der Waals surface area contributed by atoms with Gasteiger partial charge in [-0.2, -0.15) is 26.3 Å². The van der Waals surface area contributed by atoms with Gasteiger partial charge in [0.25, 0.3) is 0 Å². The lowest BCUT2D eigenvalue weighted by molar-refractivity contribution is -0.138. The first-order chi connectivity index (χ1) is 14.4. The van der Waals surface area contributed by atoms with Crippen LogP contribution < -0.4 is 0 Å². The fourth-order valence-corrected chi connectivity index (χ4v) is 4.50. The SMILES string of the molecule is CCSc1c(-c2nc3cc(C(F)(F)F)cnc3n2C)nc2cc(C(F)(F)F)c(Br)cn12. The number of thioether (sulfide) groups is 1. The van der Waals surface area contributed by atoms with Crippen molar-refractivity contribution in [1.29, 1.82) is 0 Å². The lowest BCUT2D eigenvalue weighted by Crippen LogP contribution is -2.07. The predicted molar refractivity (Wildman–Crippen MR) is 107 cm³/mol. The molecule has 0 atom stereocenters. The van der Waals surface area contributed by atoms with Gasteiger partial charge in [-0.3, -0.25) is 4.40 Å². The Morgan fingerprint density at radius 1 is 1.06 bits per heavy atom. The van der Waals surface area contributed by atoms with Gasteiger partial charge in [-0.1, -0.05) is 6.92 Å². The second-order valence-electron chi connectivity index (χ2n) is 6.52. The van der Waals surface area contributed by atoms with Gasteiger partial charge in [-0.05, 0) is 33.8 Å². The molecule has 0 aliphatic carbocycles. The van der Waals surface area contributed by atoms with Crippen molar-refractivity contribution in [3.63, 3.8) is 0 Å². The lowest BCUT2D eigenvalue weighted by Gasteiger charge is -2.10. The molecule has 0 amide bonds. The van der Waals surface area contributed by atoms with Crippen molar-refractivity contribution < 1.29 is 26.3 Å². The van der Waals surface area contributed by atoms with Crippen molar-refractivity contribution in [2.75, 3.05) is 5.75 Å². The van der Waals surface area contributed by atoms with Gasteiger partial charge >= 0.3 is 12.4 Å². The van der Waals surface area contributed by atoms with Gasteiger partial charge in [-0.15, -0.1) is 11.8 Å². The summed E-state index contributed by atoms with van der Waals surface area (Å²) in [6.07, 6.45) is -7.17. The third-order valence-electron chi connectivity index (χ3n) is 4.50. The van der Waals surface area contributed by atoms with Crippen LogP contribution in [0.2, 0.25) is 0 Å². The van der Waals surface area contributed by atoms with E-state index in [1.54, 1.807) is 7.05 Å². The molecule has 0 aliphatic rings. The van der Waals surface area contributed by atoms with Crippen LogP contribution in [-0.4, -0.2) is 29.7 Å². The van der Waals surface area contributed by atoms with E-state index < -0.39 is 23.5 Å². The number of aromatic nitrogens is 5. The van der Waals surface area contributed by atoms with Gasteiger partial charge in [0.05, 0.1) is 11.1 Å². The maximum absolute atomic E-state index is 13.3. The summed E-state index contributed by atoms with van der Waals surface area (Å²) >= 11 is 4.28. The van der Waals surface area contributed by atoms with E-state index >= 15 is 0 Å². The second kappa shape index (κ2) is 7.40. The summed E-state index contributed by atoms with van der Waals surface area (Å²) in [6.45, 7) is 1.86. The molecule has 0 fully saturated rings. The number of alkyl halides is 6. The van der Waals surface area contributed by atoms with Gasteiger partial charge < -0.3 is 4.57 Å². The molecule has 0 unspecified atom stereocenters. The van der Waals surface area contributed by atoms with Crippen LogP contribution in [0, 0.1) is 0 Å². The molecule has 4 aromatic rings. The first-order valence-electron chi connectivity index (χ1n) is 8.73. The number of hydrogen-bond acceptors (Lipinski definition) is 4. The highest BCUT2D eigenvalue weighted by Gasteiger charge is 2.35. The molecule has 4 heterocycles. The standard InChI is InChI=1S/C18H12BrF6N5S/c1-3-31-16-13(28-12-5-9(18(23,24)25)10(19)7-30(12)16)15-27-11-4-8(17(20,21)22)6-26-14(11)29(15)2/h4-7H,3H2,1-2H3. The molecule has 0 spiro atoms. The zero-order chi connectivity index (χ0) is 22.7. The zero-order valence-electron chi connectivity index (χ0n) is 15.8. The Morgan fingerprint density at radius 2 is 1.77 bits per heavy atom. The molecule has 0 saturated heterocycles. The Morgan fingerprint density at radius 3 is 2.39 bits per heavy atom. The molecule has 4 aromatic heterocycles. The number of pyridine rings is 2. The maximum atomic E-state index is 13.3. The van der Waals surface area contributed by atoms with E-state index in [-0.39, 0.29) is 32.8 Å². The van der Waals surface area contributed by atoms with Crippen molar-refractivity contribution in [3.05, 3.63) is 40.1 Å². The predicted octanol–water partition coefficient (Wildman–Crippen LogP) is 6.20. The van der Waals surface area contributed by atoms with Crippen LogP contribution in [0.4, 0.5) is 26.3 Å². The molecule has 0 saturated carbocycles. The number of imidazole rings is 2. The average Bonchev–Trinajstić information content (AvgIpc) is 3.17.